The van der Waals surface area contributed by atoms with Crippen molar-refractivity contribution in [2.24, 2.45) is 11.7 Å². The van der Waals surface area contributed by atoms with Gasteiger partial charge < -0.3 is 11.1 Å². The Kier molecular flexibility index (Phi) is 5.15. The first-order valence-corrected chi connectivity index (χ1v) is 7.42. The molecule has 0 aromatic heterocycles. The standard InChI is InChI=1S/C16H25N3O/c1-12(2)9-19-10-13-5-6-15(8-14(13)11-19)18-16(20)4-3-7-17/h5-6,8,12H,3-4,7,9-11,17H2,1-2H3,(H,18,20). The molecule has 0 unspecified atom stereocenters. The first kappa shape index (κ1) is 15.0. The van der Waals surface area contributed by atoms with Crippen molar-refractivity contribution in [3.05, 3.63) is 29.3 Å². The van der Waals surface area contributed by atoms with E-state index < -0.39 is 0 Å². The number of anilines is 1. The average Bonchev–Trinajstić information content (AvgIpc) is 2.76. The Hall–Kier alpha value is -1.39. The van der Waals surface area contributed by atoms with Crippen molar-refractivity contribution < 1.29 is 4.79 Å². The molecule has 1 aliphatic heterocycles. The molecule has 1 aliphatic rings. The van der Waals surface area contributed by atoms with Gasteiger partial charge in [-0.25, -0.2) is 0 Å². The van der Waals surface area contributed by atoms with E-state index in [-0.39, 0.29) is 5.91 Å². The summed E-state index contributed by atoms with van der Waals surface area (Å²) in [7, 11) is 0. The van der Waals surface area contributed by atoms with Crippen LogP contribution in [0.15, 0.2) is 18.2 Å². The summed E-state index contributed by atoms with van der Waals surface area (Å²) in [5.41, 5.74) is 9.03. The van der Waals surface area contributed by atoms with Crippen molar-refractivity contribution in [1.29, 1.82) is 0 Å². The van der Waals surface area contributed by atoms with E-state index in [0.29, 0.717) is 18.9 Å². The molecule has 0 atom stereocenters. The summed E-state index contributed by atoms with van der Waals surface area (Å²) in [5.74, 6) is 0.729. The zero-order valence-electron chi connectivity index (χ0n) is 12.5. The van der Waals surface area contributed by atoms with Crippen LogP contribution in [0.2, 0.25) is 0 Å². The minimum atomic E-state index is 0.0485. The number of benzene rings is 1. The summed E-state index contributed by atoms with van der Waals surface area (Å²) in [4.78, 5) is 14.2. The van der Waals surface area contributed by atoms with Gasteiger partial charge in [0.05, 0.1) is 0 Å². The average molecular weight is 275 g/mol. The third kappa shape index (κ3) is 4.05. The number of hydrogen-bond donors (Lipinski definition) is 2. The first-order valence-electron chi connectivity index (χ1n) is 7.42. The Morgan fingerprint density at radius 1 is 1.35 bits per heavy atom. The molecule has 1 aromatic rings. The highest BCUT2D eigenvalue weighted by Crippen LogP contribution is 2.26. The van der Waals surface area contributed by atoms with E-state index >= 15 is 0 Å². The van der Waals surface area contributed by atoms with Crippen LogP contribution in [0.25, 0.3) is 0 Å². The van der Waals surface area contributed by atoms with E-state index in [1.807, 2.05) is 6.07 Å². The van der Waals surface area contributed by atoms with Gasteiger partial charge in [-0.05, 0) is 42.1 Å². The normalized spacial score (nSPS) is 14.6. The molecule has 2 rings (SSSR count). The van der Waals surface area contributed by atoms with E-state index in [1.165, 1.54) is 11.1 Å². The Bertz CT molecular complexity index is 471. The van der Waals surface area contributed by atoms with Crippen molar-refractivity contribution in [3.63, 3.8) is 0 Å². The SMILES string of the molecule is CC(C)CN1Cc2ccc(NC(=O)CCCN)cc2C1. The van der Waals surface area contributed by atoms with Gasteiger partial charge in [-0.1, -0.05) is 19.9 Å². The molecule has 0 spiro atoms. The summed E-state index contributed by atoms with van der Waals surface area (Å²) >= 11 is 0. The highest BCUT2D eigenvalue weighted by molar-refractivity contribution is 5.90. The van der Waals surface area contributed by atoms with Crippen LogP contribution in [0.3, 0.4) is 0 Å². The van der Waals surface area contributed by atoms with Gasteiger partial charge in [0.1, 0.15) is 0 Å². The number of fused-ring (bicyclic) bond motifs is 1. The third-order valence-corrected chi connectivity index (χ3v) is 3.51. The summed E-state index contributed by atoms with van der Waals surface area (Å²) in [5, 5.41) is 2.95. The maximum absolute atomic E-state index is 11.7. The number of nitrogens with zero attached hydrogens (tertiary/aromatic N) is 1. The molecule has 0 radical (unpaired) electrons. The lowest BCUT2D eigenvalue weighted by molar-refractivity contribution is -0.116. The van der Waals surface area contributed by atoms with Crippen LogP contribution in [0.5, 0.6) is 0 Å². The number of nitrogens with one attached hydrogen (secondary N) is 1. The van der Waals surface area contributed by atoms with Gasteiger partial charge in [0.2, 0.25) is 5.91 Å². The smallest absolute Gasteiger partial charge is 0.224 e. The van der Waals surface area contributed by atoms with Gasteiger partial charge in [0.25, 0.3) is 0 Å². The number of nitrogens with two attached hydrogens (primary N) is 1. The number of carbonyl (C=O) groups is 1. The topological polar surface area (TPSA) is 58.4 Å². The number of carbonyl (C=O) groups excluding carboxylic acids is 1. The van der Waals surface area contributed by atoms with Crippen molar-refractivity contribution >= 4 is 11.6 Å². The van der Waals surface area contributed by atoms with E-state index in [4.69, 9.17) is 5.73 Å². The summed E-state index contributed by atoms with van der Waals surface area (Å²) in [6.45, 7) is 8.17. The maximum atomic E-state index is 11.7. The predicted octanol–water partition coefficient (Wildman–Crippen LogP) is 2.34. The summed E-state index contributed by atoms with van der Waals surface area (Å²) in [6.07, 6.45) is 1.23. The van der Waals surface area contributed by atoms with Crippen molar-refractivity contribution in [1.82, 2.24) is 4.90 Å². The van der Waals surface area contributed by atoms with Crippen LogP contribution < -0.4 is 11.1 Å². The molecule has 0 saturated carbocycles. The maximum Gasteiger partial charge on any atom is 0.224 e. The zero-order chi connectivity index (χ0) is 14.5. The molecule has 0 fully saturated rings. The van der Waals surface area contributed by atoms with Crippen molar-refractivity contribution in [3.8, 4) is 0 Å². The zero-order valence-corrected chi connectivity index (χ0v) is 12.5. The minimum Gasteiger partial charge on any atom is -0.330 e. The van der Waals surface area contributed by atoms with E-state index in [1.54, 1.807) is 0 Å². The van der Waals surface area contributed by atoms with Gasteiger partial charge in [-0.3, -0.25) is 9.69 Å². The molecule has 1 heterocycles. The van der Waals surface area contributed by atoms with Gasteiger partial charge >= 0.3 is 0 Å². The molecule has 3 N–H and O–H groups in total. The Balaban J connectivity index is 1.95. The Labute approximate surface area is 121 Å². The van der Waals surface area contributed by atoms with Crippen molar-refractivity contribution in [2.75, 3.05) is 18.4 Å². The predicted molar refractivity (Wildman–Crippen MR) is 82.3 cm³/mol. The molecule has 110 valence electrons. The van der Waals surface area contributed by atoms with E-state index in [9.17, 15) is 4.79 Å². The molecule has 1 amide bonds. The molecule has 4 nitrogen and oxygen atoms in total. The number of rotatable bonds is 6. The largest absolute Gasteiger partial charge is 0.330 e. The molecule has 1 aromatic carbocycles. The number of amides is 1. The Morgan fingerprint density at radius 2 is 2.10 bits per heavy atom. The Morgan fingerprint density at radius 3 is 2.80 bits per heavy atom. The second-order valence-corrected chi connectivity index (χ2v) is 5.99. The van der Waals surface area contributed by atoms with Gasteiger partial charge in [-0.2, -0.15) is 0 Å². The minimum absolute atomic E-state index is 0.0485. The summed E-state index contributed by atoms with van der Waals surface area (Å²) in [6, 6.07) is 6.24. The molecule has 0 saturated heterocycles. The fraction of sp³-hybridized carbons (Fsp3) is 0.562. The molecule has 0 bridgehead atoms. The van der Waals surface area contributed by atoms with Crippen LogP contribution in [0.1, 0.15) is 37.8 Å². The molecular formula is C16H25N3O. The quantitative estimate of drug-likeness (QED) is 0.837. The fourth-order valence-corrected chi connectivity index (χ4v) is 2.67. The summed E-state index contributed by atoms with van der Waals surface area (Å²) < 4.78 is 0. The van der Waals surface area contributed by atoms with Crippen LogP contribution in [0, 0.1) is 5.92 Å². The first-order chi connectivity index (χ1) is 9.58. The van der Waals surface area contributed by atoms with Gasteiger partial charge in [0, 0.05) is 31.7 Å². The molecule has 20 heavy (non-hydrogen) atoms. The fourth-order valence-electron chi connectivity index (χ4n) is 2.67. The van der Waals surface area contributed by atoms with Gasteiger partial charge in [0.15, 0.2) is 0 Å². The second kappa shape index (κ2) is 6.86. The van der Waals surface area contributed by atoms with Crippen molar-refractivity contribution in [2.45, 2.75) is 39.8 Å². The molecular weight excluding hydrogens is 250 g/mol. The lowest BCUT2D eigenvalue weighted by atomic mass is 10.1. The van der Waals surface area contributed by atoms with Crippen LogP contribution in [-0.4, -0.2) is 23.9 Å². The van der Waals surface area contributed by atoms with Crippen LogP contribution in [0.4, 0.5) is 5.69 Å². The molecule has 4 heteroatoms. The van der Waals surface area contributed by atoms with E-state index in [0.717, 1.165) is 31.7 Å². The third-order valence-electron chi connectivity index (χ3n) is 3.51. The van der Waals surface area contributed by atoms with E-state index in [2.05, 4.69) is 36.2 Å². The second-order valence-electron chi connectivity index (χ2n) is 5.99. The number of hydrogen-bond acceptors (Lipinski definition) is 3. The highest BCUT2D eigenvalue weighted by atomic mass is 16.1. The lowest BCUT2D eigenvalue weighted by Gasteiger charge is -2.16. The van der Waals surface area contributed by atoms with Gasteiger partial charge in [-0.15, -0.1) is 0 Å². The molecule has 0 aliphatic carbocycles. The monoisotopic (exact) mass is 275 g/mol. The van der Waals surface area contributed by atoms with Crippen LogP contribution >= 0.6 is 0 Å². The lowest BCUT2D eigenvalue weighted by Crippen LogP contribution is -2.21. The van der Waals surface area contributed by atoms with Crippen LogP contribution in [-0.2, 0) is 17.9 Å². The highest BCUT2D eigenvalue weighted by Gasteiger charge is 2.19.